The van der Waals surface area contributed by atoms with Crippen LogP contribution in [-0.4, -0.2) is 12.2 Å². The Hall–Kier alpha value is -2.48. The molecule has 0 unspecified atom stereocenters. The average molecular weight is 316 g/mol. The van der Waals surface area contributed by atoms with Crippen molar-refractivity contribution in [2.24, 2.45) is 0 Å². The van der Waals surface area contributed by atoms with E-state index in [0.29, 0.717) is 12.2 Å². The van der Waals surface area contributed by atoms with Crippen LogP contribution in [0.5, 0.6) is 0 Å². The number of anilines is 3. The summed E-state index contributed by atoms with van der Waals surface area (Å²) < 4.78 is 0. The molecule has 1 atom stereocenters. The number of nitrogens with zero attached hydrogens (tertiary/aromatic N) is 2. The summed E-state index contributed by atoms with van der Waals surface area (Å²) in [6.45, 7) is 9.08. The summed E-state index contributed by atoms with van der Waals surface area (Å²) in [7, 11) is 0. The first kappa shape index (κ1) is 15.1. The molecular formula is C22H24N2. The highest BCUT2D eigenvalue weighted by atomic mass is 15.4. The van der Waals surface area contributed by atoms with Crippen molar-refractivity contribution in [3.63, 3.8) is 0 Å². The molecule has 2 heteroatoms. The molecule has 0 bridgehead atoms. The molecule has 0 radical (unpaired) electrons. The first-order valence-electron chi connectivity index (χ1n) is 8.74. The van der Waals surface area contributed by atoms with Crippen LogP contribution >= 0.6 is 0 Å². The summed E-state index contributed by atoms with van der Waals surface area (Å²) in [6.07, 6.45) is 0.308. The average Bonchev–Trinajstić information content (AvgIpc) is 2.88. The van der Waals surface area contributed by atoms with Crippen molar-refractivity contribution in [1.82, 2.24) is 0 Å². The summed E-state index contributed by atoms with van der Waals surface area (Å²) in [5, 5.41) is 2.64. The molecule has 2 nitrogen and oxygen atoms in total. The van der Waals surface area contributed by atoms with Gasteiger partial charge in [-0.25, -0.2) is 0 Å². The van der Waals surface area contributed by atoms with Gasteiger partial charge in [-0.1, -0.05) is 42.5 Å². The van der Waals surface area contributed by atoms with Gasteiger partial charge in [-0.3, -0.25) is 0 Å². The Bertz CT molecular complexity index is 897. The second-order valence-corrected chi connectivity index (χ2v) is 6.92. The topological polar surface area (TPSA) is 6.48 Å². The highest BCUT2D eigenvalue weighted by Crippen LogP contribution is 2.46. The first-order chi connectivity index (χ1) is 11.6. The zero-order chi connectivity index (χ0) is 16.8. The van der Waals surface area contributed by atoms with Crippen LogP contribution in [0.25, 0.3) is 10.8 Å². The van der Waals surface area contributed by atoms with Crippen LogP contribution in [0.4, 0.5) is 17.1 Å². The number of benzene rings is 3. The summed E-state index contributed by atoms with van der Waals surface area (Å²) in [5.74, 6) is 0. The fourth-order valence-electron chi connectivity index (χ4n) is 4.13. The molecule has 0 spiro atoms. The molecule has 1 heterocycles. The number of hydrogen-bond donors (Lipinski definition) is 0. The highest BCUT2D eigenvalue weighted by molar-refractivity contribution is 5.93. The fourth-order valence-corrected chi connectivity index (χ4v) is 4.13. The number of para-hydroxylation sites is 2. The van der Waals surface area contributed by atoms with E-state index in [1.54, 1.807) is 0 Å². The minimum absolute atomic E-state index is 0.308. The summed E-state index contributed by atoms with van der Waals surface area (Å²) in [5.41, 5.74) is 5.28. The first-order valence-corrected chi connectivity index (χ1v) is 8.74. The van der Waals surface area contributed by atoms with Crippen molar-refractivity contribution in [2.75, 3.05) is 9.80 Å². The van der Waals surface area contributed by atoms with Crippen molar-refractivity contribution in [3.8, 4) is 0 Å². The lowest BCUT2D eigenvalue weighted by Crippen LogP contribution is -2.42. The smallest absolute Gasteiger partial charge is 0.104 e. The van der Waals surface area contributed by atoms with E-state index in [4.69, 9.17) is 0 Å². The monoisotopic (exact) mass is 316 g/mol. The number of hydrogen-bond acceptors (Lipinski definition) is 2. The molecule has 0 amide bonds. The Morgan fingerprint density at radius 1 is 0.792 bits per heavy atom. The Balaban J connectivity index is 1.92. The lowest BCUT2D eigenvalue weighted by atomic mass is 10.0. The van der Waals surface area contributed by atoms with Gasteiger partial charge in [0.2, 0.25) is 0 Å². The van der Waals surface area contributed by atoms with Gasteiger partial charge in [-0.15, -0.1) is 0 Å². The molecule has 24 heavy (non-hydrogen) atoms. The second-order valence-electron chi connectivity index (χ2n) is 6.92. The van der Waals surface area contributed by atoms with Gasteiger partial charge < -0.3 is 9.80 Å². The molecule has 1 aliphatic heterocycles. The van der Waals surface area contributed by atoms with E-state index in [9.17, 15) is 0 Å². The van der Waals surface area contributed by atoms with Gasteiger partial charge in [0.15, 0.2) is 0 Å². The predicted molar refractivity (Wildman–Crippen MR) is 104 cm³/mol. The second kappa shape index (κ2) is 5.55. The van der Waals surface area contributed by atoms with Gasteiger partial charge in [0.05, 0.1) is 11.4 Å². The van der Waals surface area contributed by atoms with Crippen LogP contribution < -0.4 is 9.80 Å². The van der Waals surface area contributed by atoms with Crippen molar-refractivity contribution < 1.29 is 0 Å². The third-order valence-electron chi connectivity index (χ3n) is 5.18. The lowest BCUT2D eigenvalue weighted by molar-refractivity contribution is 0.606. The van der Waals surface area contributed by atoms with Crippen LogP contribution in [0.15, 0.2) is 60.7 Å². The molecule has 3 aromatic carbocycles. The molecule has 3 aromatic rings. The fraction of sp³-hybridized carbons (Fsp3) is 0.273. The zero-order valence-electron chi connectivity index (χ0n) is 14.8. The third kappa shape index (κ3) is 2.10. The molecular weight excluding hydrogens is 292 g/mol. The van der Waals surface area contributed by atoms with Crippen molar-refractivity contribution in [1.29, 1.82) is 0 Å². The van der Waals surface area contributed by atoms with Crippen molar-refractivity contribution in [3.05, 3.63) is 66.2 Å². The van der Waals surface area contributed by atoms with Crippen molar-refractivity contribution >= 4 is 27.8 Å². The largest absolute Gasteiger partial charge is 0.347 e. The molecule has 0 aromatic heterocycles. The summed E-state index contributed by atoms with van der Waals surface area (Å²) in [4.78, 5) is 4.99. The van der Waals surface area contributed by atoms with Crippen LogP contribution in [0, 0.1) is 6.92 Å². The van der Waals surface area contributed by atoms with E-state index < -0.39 is 0 Å². The quantitative estimate of drug-likeness (QED) is 0.584. The maximum atomic E-state index is 2.50. The minimum atomic E-state index is 0.308. The Labute approximate surface area is 144 Å². The normalized spacial score (nSPS) is 17.0. The predicted octanol–water partition coefficient (Wildman–Crippen LogP) is 5.86. The molecule has 0 aliphatic carbocycles. The molecule has 0 saturated carbocycles. The molecule has 0 saturated heterocycles. The standard InChI is InChI=1S/C22H24N2/c1-15(2)23-17(4)24(22-12-8-7-11-21(22)23)20-14-13-18-9-5-6-10-19(18)16(20)3/h5-15,17H,1-4H3/t17-/m0/s1. The molecule has 0 N–H and O–H groups in total. The van der Waals surface area contributed by atoms with E-state index in [-0.39, 0.29) is 0 Å². The maximum absolute atomic E-state index is 2.50. The zero-order valence-corrected chi connectivity index (χ0v) is 14.8. The van der Waals surface area contributed by atoms with E-state index in [1.165, 1.54) is 33.4 Å². The maximum Gasteiger partial charge on any atom is 0.104 e. The summed E-state index contributed by atoms with van der Waals surface area (Å²) in [6, 6.07) is 22.4. The SMILES string of the molecule is Cc1c(N2c3ccccc3N(C(C)C)[C@@H]2C)ccc2ccccc12. The molecule has 0 fully saturated rings. The highest BCUT2D eigenvalue weighted by Gasteiger charge is 2.35. The molecule has 1 aliphatic rings. The Kier molecular flexibility index (Phi) is 3.49. The van der Waals surface area contributed by atoms with Gasteiger partial charge in [0.25, 0.3) is 0 Å². The molecule has 122 valence electrons. The number of fused-ring (bicyclic) bond motifs is 2. The van der Waals surface area contributed by atoms with Crippen LogP contribution in [0.1, 0.15) is 26.3 Å². The number of aryl methyl sites for hydroxylation is 1. The van der Waals surface area contributed by atoms with E-state index in [1.807, 2.05) is 0 Å². The van der Waals surface area contributed by atoms with Crippen molar-refractivity contribution in [2.45, 2.75) is 39.9 Å². The molecule has 4 rings (SSSR count). The van der Waals surface area contributed by atoms with Gasteiger partial charge in [-0.05, 0) is 62.2 Å². The minimum Gasteiger partial charge on any atom is -0.347 e. The van der Waals surface area contributed by atoms with E-state index >= 15 is 0 Å². The number of rotatable bonds is 2. The van der Waals surface area contributed by atoms with Gasteiger partial charge in [0.1, 0.15) is 6.17 Å². The van der Waals surface area contributed by atoms with Gasteiger partial charge >= 0.3 is 0 Å². The van der Waals surface area contributed by atoms with Crippen LogP contribution in [0.3, 0.4) is 0 Å². The van der Waals surface area contributed by atoms with Crippen LogP contribution in [0.2, 0.25) is 0 Å². The van der Waals surface area contributed by atoms with Gasteiger partial charge in [0, 0.05) is 11.7 Å². The lowest BCUT2D eigenvalue weighted by Gasteiger charge is -2.33. The van der Waals surface area contributed by atoms with E-state index in [2.05, 4.69) is 98.2 Å². The third-order valence-corrected chi connectivity index (χ3v) is 5.18. The van der Waals surface area contributed by atoms with Gasteiger partial charge in [-0.2, -0.15) is 0 Å². The van der Waals surface area contributed by atoms with E-state index in [0.717, 1.165) is 0 Å². The van der Waals surface area contributed by atoms with Crippen LogP contribution in [-0.2, 0) is 0 Å². The Morgan fingerprint density at radius 2 is 1.46 bits per heavy atom. The Morgan fingerprint density at radius 3 is 2.21 bits per heavy atom. The summed E-state index contributed by atoms with van der Waals surface area (Å²) >= 11 is 0.